The van der Waals surface area contributed by atoms with Crippen LogP contribution in [0.15, 0.2) is 23.2 Å². The summed E-state index contributed by atoms with van der Waals surface area (Å²) < 4.78 is 5.25. The molecule has 0 aliphatic heterocycles. The molecule has 1 aromatic carbocycles. The molecule has 10 heteroatoms. The molecule has 0 bridgehead atoms. The molecule has 0 heterocycles. The number of hydrogen-bond donors (Lipinski definition) is 6. The molecule has 0 aliphatic rings. The van der Waals surface area contributed by atoms with Crippen LogP contribution < -0.4 is 37.9 Å². The molecule has 0 fully saturated rings. The maximum Gasteiger partial charge on any atom is 0.255 e. The molecule has 0 unspecified atom stereocenters. The predicted octanol–water partition coefficient (Wildman–Crippen LogP) is -0.282. The average molecular weight is 365 g/mol. The van der Waals surface area contributed by atoms with Crippen molar-refractivity contribution in [2.24, 2.45) is 16.8 Å². The van der Waals surface area contributed by atoms with Crippen molar-refractivity contribution in [3.05, 3.63) is 23.8 Å². The van der Waals surface area contributed by atoms with Gasteiger partial charge in [-0.15, -0.1) is 0 Å². The quantitative estimate of drug-likeness (QED) is 0.136. The normalized spacial score (nSPS) is 12.4. The summed E-state index contributed by atoms with van der Waals surface area (Å²) >= 11 is 0. The van der Waals surface area contributed by atoms with E-state index in [1.54, 1.807) is 31.3 Å². The van der Waals surface area contributed by atoms with Gasteiger partial charge >= 0.3 is 0 Å². The van der Waals surface area contributed by atoms with Crippen molar-refractivity contribution in [2.45, 2.75) is 26.8 Å². The second kappa shape index (κ2) is 11.3. The summed E-state index contributed by atoms with van der Waals surface area (Å²) in [6.07, 6.45) is 1.63. The number of nitrogens with one attached hydrogen (secondary N) is 5. The maximum atomic E-state index is 12.7. The number of hydrazine groups is 4. The number of ether oxygens (including phenoxy) is 1. The van der Waals surface area contributed by atoms with E-state index < -0.39 is 11.9 Å². The molecule has 7 N–H and O–H groups in total. The van der Waals surface area contributed by atoms with Gasteiger partial charge in [-0.3, -0.25) is 20.4 Å². The number of ketones is 1. The zero-order chi connectivity index (χ0) is 19.5. The number of amides is 1. The number of benzene rings is 1. The first-order valence-electron chi connectivity index (χ1n) is 8.13. The third-order valence-electron chi connectivity index (χ3n) is 3.49. The van der Waals surface area contributed by atoms with Crippen LogP contribution in [-0.4, -0.2) is 37.6 Å². The highest BCUT2D eigenvalue weighted by Gasteiger charge is 2.25. The molecule has 1 atom stereocenters. The Morgan fingerprint density at radius 1 is 1.31 bits per heavy atom. The van der Waals surface area contributed by atoms with E-state index in [1.165, 1.54) is 7.11 Å². The van der Waals surface area contributed by atoms with Crippen LogP contribution in [0.1, 0.15) is 31.1 Å². The summed E-state index contributed by atoms with van der Waals surface area (Å²) in [6.45, 7) is 5.47. The van der Waals surface area contributed by atoms with Gasteiger partial charge in [0.1, 0.15) is 5.75 Å². The van der Waals surface area contributed by atoms with Crippen LogP contribution >= 0.6 is 0 Å². The van der Waals surface area contributed by atoms with Gasteiger partial charge in [-0.05, 0) is 31.0 Å². The molecule has 144 valence electrons. The van der Waals surface area contributed by atoms with Crippen molar-refractivity contribution in [2.75, 3.05) is 13.7 Å². The molecule has 1 amide bonds. The van der Waals surface area contributed by atoms with Crippen LogP contribution in [0.25, 0.3) is 0 Å². The summed E-state index contributed by atoms with van der Waals surface area (Å²) in [5.74, 6) is 4.73. The number of methoxy groups -OCH3 is 1. The third-order valence-corrected chi connectivity index (χ3v) is 3.49. The molecule has 1 aromatic rings. The first-order chi connectivity index (χ1) is 12.4. The van der Waals surface area contributed by atoms with Crippen molar-refractivity contribution in [1.82, 2.24) is 27.3 Å². The molecule has 1 rings (SSSR count). The minimum Gasteiger partial charge on any atom is -0.496 e. The Labute approximate surface area is 152 Å². The molecule has 0 aliphatic carbocycles. The SMILES string of the molecule is C/C=N\c1ccc(OC)c(C(=O)N[C@H](C(=O)CNNNNN)C(C)C)c1. The van der Waals surface area contributed by atoms with Gasteiger partial charge in [0, 0.05) is 6.21 Å². The Bertz CT molecular complexity index is 634. The molecule has 26 heavy (non-hydrogen) atoms. The standard InChI is InChI=1S/C16H27N7O3/c1-5-18-11-6-7-14(26-4)12(8-11)16(25)20-15(10(2)3)13(24)9-19-22-23-21-17/h5-8,10,15,19,21-23H,9,17H2,1-4H3,(H,20,25)/b18-5-/t15-/m0/s1. The fraction of sp³-hybridized carbons (Fsp3) is 0.438. The number of aliphatic imine (C=N–C) groups is 1. The number of rotatable bonds is 11. The topological polar surface area (TPSA) is 142 Å². The number of carbonyl (C=O) groups is 2. The highest BCUT2D eigenvalue weighted by molar-refractivity contribution is 6.01. The van der Waals surface area contributed by atoms with Crippen molar-refractivity contribution >= 4 is 23.6 Å². The van der Waals surface area contributed by atoms with Crippen LogP contribution in [0.3, 0.4) is 0 Å². The van der Waals surface area contributed by atoms with Crippen molar-refractivity contribution < 1.29 is 14.3 Å². The lowest BCUT2D eigenvalue weighted by Gasteiger charge is -2.22. The molecular weight excluding hydrogens is 338 g/mol. The largest absolute Gasteiger partial charge is 0.496 e. The Balaban J connectivity index is 2.90. The molecule has 0 spiro atoms. The van der Waals surface area contributed by atoms with E-state index in [0.29, 0.717) is 17.0 Å². The molecule has 0 aromatic heterocycles. The first-order valence-corrected chi connectivity index (χ1v) is 8.13. The van der Waals surface area contributed by atoms with Crippen molar-refractivity contribution in [1.29, 1.82) is 0 Å². The summed E-state index contributed by atoms with van der Waals surface area (Å²) in [4.78, 5) is 29.3. The molecule has 0 radical (unpaired) electrons. The monoisotopic (exact) mass is 365 g/mol. The zero-order valence-electron chi connectivity index (χ0n) is 15.4. The van der Waals surface area contributed by atoms with Crippen LogP contribution in [-0.2, 0) is 4.79 Å². The maximum absolute atomic E-state index is 12.7. The predicted molar refractivity (Wildman–Crippen MR) is 99.5 cm³/mol. The lowest BCUT2D eigenvalue weighted by Crippen LogP contribution is -2.56. The van der Waals surface area contributed by atoms with E-state index in [-0.39, 0.29) is 18.2 Å². The number of nitrogens with zero attached hydrogens (tertiary/aromatic N) is 1. The van der Waals surface area contributed by atoms with E-state index in [2.05, 4.69) is 32.3 Å². The number of hydrogen-bond acceptors (Lipinski definition) is 9. The summed E-state index contributed by atoms with van der Waals surface area (Å²) in [5.41, 5.74) is 10.6. The Morgan fingerprint density at radius 2 is 2.04 bits per heavy atom. The second-order valence-electron chi connectivity index (χ2n) is 5.68. The molecule has 0 saturated heterocycles. The van der Waals surface area contributed by atoms with Gasteiger partial charge in [-0.2, -0.15) is 16.6 Å². The summed E-state index contributed by atoms with van der Waals surface area (Å²) in [5, 5.41) is 2.77. The minimum absolute atomic E-state index is 0.0187. The summed E-state index contributed by atoms with van der Waals surface area (Å²) in [6, 6.07) is 4.35. The van der Waals surface area contributed by atoms with Gasteiger partial charge in [-0.25, -0.2) is 5.43 Å². The van der Waals surface area contributed by atoms with E-state index in [1.807, 2.05) is 13.8 Å². The Morgan fingerprint density at radius 3 is 2.62 bits per heavy atom. The van der Waals surface area contributed by atoms with Gasteiger partial charge in [0.25, 0.3) is 5.91 Å². The van der Waals surface area contributed by atoms with Gasteiger partial charge in [0.2, 0.25) is 0 Å². The number of carbonyl (C=O) groups excluding carboxylic acids is 2. The van der Waals surface area contributed by atoms with Crippen LogP contribution in [0, 0.1) is 5.92 Å². The fourth-order valence-electron chi connectivity index (χ4n) is 2.26. The van der Waals surface area contributed by atoms with Gasteiger partial charge in [0.05, 0.1) is 30.9 Å². The van der Waals surface area contributed by atoms with Crippen molar-refractivity contribution in [3.63, 3.8) is 0 Å². The van der Waals surface area contributed by atoms with E-state index >= 15 is 0 Å². The van der Waals surface area contributed by atoms with Crippen LogP contribution in [0.4, 0.5) is 5.69 Å². The number of Topliss-reactive ketones (excluding diaryl/α,β-unsaturated/α-hetero) is 1. The van der Waals surface area contributed by atoms with E-state index in [4.69, 9.17) is 10.6 Å². The van der Waals surface area contributed by atoms with E-state index in [9.17, 15) is 9.59 Å². The minimum atomic E-state index is -0.675. The highest BCUT2D eigenvalue weighted by atomic mass is 16.5. The van der Waals surface area contributed by atoms with Crippen molar-refractivity contribution in [3.8, 4) is 5.75 Å². The Kier molecular flexibility index (Phi) is 9.41. The van der Waals surface area contributed by atoms with Crippen LogP contribution in [0.5, 0.6) is 5.75 Å². The smallest absolute Gasteiger partial charge is 0.255 e. The van der Waals surface area contributed by atoms with Gasteiger partial charge in [-0.1, -0.05) is 13.8 Å². The fourth-order valence-corrected chi connectivity index (χ4v) is 2.26. The second-order valence-corrected chi connectivity index (χ2v) is 5.68. The lowest BCUT2D eigenvalue weighted by atomic mass is 9.99. The van der Waals surface area contributed by atoms with E-state index in [0.717, 1.165) is 0 Å². The number of nitrogens with two attached hydrogens (primary N) is 1. The zero-order valence-corrected chi connectivity index (χ0v) is 15.4. The van der Waals surface area contributed by atoms with Gasteiger partial charge < -0.3 is 10.1 Å². The molecular formula is C16H27N7O3. The molecule has 0 saturated carbocycles. The Hall–Kier alpha value is -2.37. The summed E-state index contributed by atoms with van der Waals surface area (Å²) in [7, 11) is 1.48. The van der Waals surface area contributed by atoms with Crippen LogP contribution in [0.2, 0.25) is 0 Å². The van der Waals surface area contributed by atoms with Gasteiger partial charge in [0.15, 0.2) is 5.78 Å². The molecule has 10 nitrogen and oxygen atoms in total. The highest BCUT2D eigenvalue weighted by Crippen LogP contribution is 2.24. The first kappa shape index (κ1) is 21.7. The average Bonchev–Trinajstić information content (AvgIpc) is 2.62. The third kappa shape index (κ3) is 6.50. The lowest BCUT2D eigenvalue weighted by molar-refractivity contribution is -0.121.